The molecule has 0 saturated heterocycles. The number of thiophene rings is 1. The summed E-state index contributed by atoms with van der Waals surface area (Å²) in [6.45, 7) is 4.68. The molecule has 0 N–H and O–H groups in total. The zero-order chi connectivity index (χ0) is 12.2. The maximum Gasteiger partial charge on any atom is 0.252 e. The molecule has 0 fully saturated rings. The van der Waals surface area contributed by atoms with Crippen molar-refractivity contribution in [2.75, 3.05) is 13.6 Å². The van der Waals surface area contributed by atoms with E-state index in [4.69, 9.17) is 0 Å². The van der Waals surface area contributed by atoms with Gasteiger partial charge in [-0.25, -0.2) is 12.7 Å². The molecule has 0 bridgehead atoms. The lowest BCUT2D eigenvalue weighted by atomic mass is 10.3. The van der Waals surface area contributed by atoms with Crippen molar-refractivity contribution in [2.45, 2.75) is 37.3 Å². The molecule has 3 nitrogen and oxygen atoms in total. The molecule has 5 heteroatoms. The summed E-state index contributed by atoms with van der Waals surface area (Å²) in [5.74, 6) is 0. The summed E-state index contributed by atoms with van der Waals surface area (Å²) in [5, 5.41) is 0. The van der Waals surface area contributed by atoms with Gasteiger partial charge in [-0.3, -0.25) is 0 Å². The summed E-state index contributed by atoms with van der Waals surface area (Å²) in [4.78, 5) is 1.11. The van der Waals surface area contributed by atoms with Crippen molar-refractivity contribution < 1.29 is 8.42 Å². The topological polar surface area (TPSA) is 37.4 Å². The third kappa shape index (κ3) is 3.06. The van der Waals surface area contributed by atoms with Gasteiger partial charge in [0, 0.05) is 18.5 Å². The van der Waals surface area contributed by atoms with Gasteiger partial charge in [-0.1, -0.05) is 20.3 Å². The second kappa shape index (κ2) is 5.80. The van der Waals surface area contributed by atoms with Gasteiger partial charge in [0.15, 0.2) is 0 Å². The van der Waals surface area contributed by atoms with Gasteiger partial charge in [0.05, 0.1) is 0 Å². The van der Waals surface area contributed by atoms with Crippen LogP contribution in [-0.2, 0) is 16.4 Å². The van der Waals surface area contributed by atoms with Gasteiger partial charge in [-0.15, -0.1) is 11.3 Å². The number of hydrogen-bond acceptors (Lipinski definition) is 3. The molecule has 0 spiro atoms. The summed E-state index contributed by atoms with van der Waals surface area (Å²) < 4.78 is 26.1. The number of nitrogens with zero attached hydrogens (tertiary/aromatic N) is 1. The van der Waals surface area contributed by atoms with E-state index in [1.165, 1.54) is 15.6 Å². The van der Waals surface area contributed by atoms with Gasteiger partial charge < -0.3 is 0 Å². The highest BCUT2D eigenvalue weighted by atomic mass is 32.2. The highest BCUT2D eigenvalue weighted by molar-refractivity contribution is 7.91. The summed E-state index contributed by atoms with van der Waals surface area (Å²) in [7, 11) is -1.60. The molecule has 0 amide bonds. The normalized spacial score (nSPS) is 12.2. The molecular weight excluding hydrogens is 242 g/mol. The van der Waals surface area contributed by atoms with Crippen molar-refractivity contribution in [2.24, 2.45) is 0 Å². The third-order valence-corrected chi connectivity index (χ3v) is 6.03. The first-order valence-electron chi connectivity index (χ1n) is 5.57. The fourth-order valence-electron chi connectivity index (χ4n) is 1.34. The van der Waals surface area contributed by atoms with Crippen molar-refractivity contribution >= 4 is 21.4 Å². The van der Waals surface area contributed by atoms with Crippen LogP contribution in [0, 0.1) is 0 Å². The Labute approximate surface area is 102 Å². The molecular formula is C11H19NO2S2. The molecule has 0 saturated carbocycles. The zero-order valence-corrected chi connectivity index (χ0v) is 11.7. The molecule has 0 aliphatic heterocycles. The van der Waals surface area contributed by atoms with Crippen molar-refractivity contribution in [1.82, 2.24) is 4.31 Å². The van der Waals surface area contributed by atoms with Crippen LogP contribution in [0.15, 0.2) is 16.3 Å². The van der Waals surface area contributed by atoms with E-state index in [9.17, 15) is 8.42 Å². The Morgan fingerprint density at radius 3 is 2.50 bits per heavy atom. The Kier molecular flexibility index (Phi) is 4.95. The third-order valence-electron chi connectivity index (χ3n) is 2.48. The standard InChI is InChI=1S/C11H19NO2S2/c1-4-6-9-12(3)16(13,14)11-8-7-10(5-2)15-11/h7-8H,4-6,9H2,1-3H3. The Morgan fingerprint density at radius 1 is 1.31 bits per heavy atom. The molecule has 1 aromatic rings. The van der Waals surface area contributed by atoms with Crippen molar-refractivity contribution in [3.05, 3.63) is 17.0 Å². The first kappa shape index (κ1) is 13.7. The van der Waals surface area contributed by atoms with Crippen LogP contribution in [0.1, 0.15) is 31.6 Å². The zero-order valence-electron chi connectivity index (χ0n) is 10.1. The summed E-state index contributed by atoms with van der Waals surface area (Å²) in [6, 6.07) is 3.60. The maximum atomic E-state index is 12.1. The van der Waals surface area contributed by atoms with E-state index >= 15 is 0 Å². The molecule has 92 valence electrons. The van der Waals surface area contributed by atoms with E-state index in [0.29, 0.717) is 10.8 Å². The van der Waals surface area contributed by atoms with Gasteiger partial charge in [0.1, 0.15) is 4.21 Å². The SMILES string of the molecule is CCCCN(C)S(=O)(=O)c1ccc(CC)s1. The van der Waals surface area contributed by atoms with E-state index in [2.05, 4.69) is 6.92 Å². The molecule has 0 aliphatic carbocycles. The molecule has 1 rings (SSSR count). The minimum atomic E-state index is -3.25. The maximum absolute atomic E-state index is 12.1. The van der Waals surface area contributed by atoms with Crippen molar-refractivity contribution in [3.63, 3.8) is 0 Å². The van der Waals surface area contributed by atoms with Crippen LogP contribution in [-0.4, -0.2) is 26.3 Å². The fourth-order valence-corrected chi connectivity index (χ4v) is 4.06. The number of hydrogen-bond donors (Lipinski definition) is 0. The summed E-state index contributed by atoms with van der Waals surface area (Å²) in [5.41, 5.74) is 0. The van der Waals surface area contributed by atoms with Gasteiger partial charge in [0.25, 0.3) is 10.0 Å². The predicted molar refractivity (Wildman–Crippen MR) is 68.4 cm³/mol. The molecule has 16 heavy (non-hydrogen) atoms. The lowest BCUT2D eigenvalue weighted by Crippen LogP contribution is -2.27. The molecule has 1 heterocycles. The van der Waals surface area contributed by atoms with Crippen LogP contribution >= 0.6 is 11.3 Å². The van der Waals surface area contributed by atoms with Crippen LogP contribution in [0.2, 0.25) is 0 Å². The Balaban J connectivity index is 2.84. The number of sulfonamides is 1. The van der Waals surface area contributed by atoms with E-state index in [1.807, 2.05) is 13.0 Å². The quantitative estimate of drug-likeness (QED) is 0.789. The van der Waals surface area contributed by atoms with E-state index in [1.54, 1.807) is 13.1 Å². The molecule has 0 aliphatic rings. The smallest absolute Gasteiger partial charge is 0.206 e. The molecule has 0 radical (unpaired) electrons. The van der Waals surface area contributed by atoms with Crippen LogP contribution in [0.5, 0.6) is 0 Å². The molecule has 1 aromatic heterocycles. The van der Waals surface area contributed by atoms with Crippen molar-refractivity contribution in [3.8, 4) is 0 Å². The number of rotatable bonds is 6. The van der Waals surface area contributed by atoms with Gasteiger partial charge in [-0.05, 0) is 25.0 Å². The van der Waals surface area contributed by atoms with Gasteiger partial charge >= 0.3 is 0 Å². The number of aryl methyl sites for hydroxylation is 1. The predicted octanol–water partition coefficient (Wildman–Crippen LogP) is 2.73. The molecule has 0 unspecified atom stereocenters. The average Bonchev–Trinajstić information content (AvgIpc) is 2.74. The summed E-state index contributed by atoms with van der Waals surface area (Å²) in [6.07, 6.45) is 2.80. The fraction of sp³-hybridized carbons (Fsp3) is 0.636. The van der Waals surface area contributed by atoms with E-state index in [-0.39, 0.29) is 0 Å². The second-order valence-corrected chi connectivity index (χ2v) is 7.19. The van der Waals surface area contributed by atoms with Crippen LogP contribution in [0.25, 0.3) is 0 Å². The van der Waals surface area contributed by atoms with Gasteiger partial charge in [-0.2, -0.15) is 0 Å². The first-order valence-corrected chi connectivity index (χ1v) is 7.83. The van der Waals surface area contributed by atoms with Gasteiger partial charge in [0.2, 0.25) is 0 Å². The minimum absolute atomic E-state index is 0.461. The lowest BCUT2D eigenvalue weighted by Gasteiger charge is -2.15. The molecule has 0 atom stereocenters. The minimum Gasteiger partial charge on any atom is -0.206 e. The Bertz CT molecular complexity index is 423. The largest absolute Gasteiger partial charge is 0.252 e. The Morgan fingerprint density at radius 2 is 2.00 bits per heavy atom. The average molecular weight is 261 g/mol. The number of unbranched alkanes of at least 4 members (excludes halogenated alkanes) is 1. The second-order valence-electron chi connectivity index (χ2n) is 3.75. The van der Waals surface area contributed by atoms with E-state index in [0.717, 1.165) is 24.1 Å². The Hall–Kier alpha value is -0.390. The highest BCUT2D eigenvalue weighted by Gasteiger charge is 2.21. The van der Waals surface area contributed by atoms with Crippen LogP contribution < -0.4 is 0 Å². The molecule has 0 aromatic carbocycles. The van der Waals surface area contributed by atoms with E-state index < -0.39 is 10.0 Å². The lowest BCUT2D eigenvalue weighted by molar-refractivity contribution is 0.461. The van der Waals surface area contributed by atoms with Crippen LogP contribution in [0.4, 0.5) is 0 Å². The summed E-state index contributed by atoms with van der Waals surface area (Å²) >= 11 is 1.37. The van der Waals surface area contributed by atoms with Crippen molar-refractivity contribution in [1.29, 1.82) is 0 Å². The highest BCUT2D eigenvalue weighted by Crippen LogP contribution is 2.24. The first-order chi connectivity index (χ1) is 7.52. The monoisotopic (exact) mass is 261 g/mol. The van der Waals surface area contributed by atoms with Crippen LogP contribution in [0.3, 0.4) is 0 Å².